The number of hydrogen-bond acceptors (Lipinski definition) is 4. The first-order chi connectivity index (χ1) is 11.7. The lowest BCUT2D eigenvalue weighted by molar-refractivity contribution is -0.116. The van der Waals surface area contributed by atoms with Gasteiger partial charge in [-0.2, -0.15) is 0 Å². The highest BCUT2D eigenvalue weighted by Gasteiger charge is 2.12. The van der Waals surface area contributed by atoms with Gasteiger partial charge in [0.05, 0.1) is 30.8 Å². The van der Waals surface area contributed by atoms with Gasteiger partial charge in [-0.15, -0.1) is 0 Å². The number of furan rings is 1. The molecule has 0 bridgehead atoms. The van der Waals surface area contributed by atoms with Gasteiger partial charge in [0.2, 0.25) is 5.91 Å². The Morgan fingerprint density at radius 1 is 1.29 bits per heavy atom. The number of hydrogen-bond donors (Lipinski definition) is 1. The number of ether oxygens (including phenoxy) is 1. The van der Waals surface area contributed by atoms with Crippen molar-refractivity contribution in [2.24, 2.45) is 0 Å². The molecule has 120 valence electrons. The molecule has 6 heteroatoms. The maximum atomic E-state index is 12.4. The second-order valence-corrected chi connectivity index (χ2v) is 5.44. The summed E-state index contributed by atoms with van der Waals surface area (Å²) in [5, 5.41) is 0.904. The van der Waals surface area contributed by atoms with Crippen LogP contribution in [-0.2, 0) is 11.2 Å². The van der Waals surface area contributed by atoms with Crippen molar-refractivity contribution in [2.45, 2.75) is 6.42 Å². The molecule has 2 heterocycles. The molecular formula is C18H15N3O3. The minimum absolute atomic E-state index is 0.142. The molecule has 0 aliphatic heterocycles. The topological polar surface area (TPSA) is 69.3 Å². The van der Waals surface area contributed by atoms with Crippen molar-refractivity contribution >= 4 is 27.9 Å². The van der Waals surface area contributed by atoms with E-state index in [1.165, 1.54) is 0 Å². The maximum absolute atomic E-state index is 12.4. The normalized spacial score (nSPS) is 11.0. The molecule has 0 unspecified atom stereocenters. The van der Waals surface area contributed by atoms with Gasteiger partial charge in [-0.3, -0.25) is 10.2 Å². The predicted octanol–water partition coefficient (Wildman–Crippen LogP) is 3.10. The Kier molecular flexibility index (Phi) is 3.42. The molecule has 0 fully saturated rings. The van der Waals surface area contributed by atoms with Crippen LogP contribution in [0.4, 0.5) is 0 Å². The van der Waals surface area contributed by atoms with Gasteiger partial charge < -0.3 is 9.15 Å². The molecule has 24 heavy (non-hydrogen) atoms. The van der Waals surface area contributed by atoms with E-state index in [0.29, 0.717) is 5.58 Å². The first kappa shape index (κ1) is 14.3. The second kappa shape index (κ2) is 5.73. The Hall–Kier alpha value is -3.28. The molecule has 0 atom stereocenters. The molecule has 0 aliphatic carbocycles. The van der Waals surface area contributed by atoms with Crippen LogP contribution in [0.5, 0.6) is 5.75 Å². The first-order valence-electron chi connectivity index (χ1n) is 7.50. The summed E-state index contributed by atoms with van der Waals surface area (Å²) in [4.78, 5) is 16.6. The van der Waals surface area contributed by atoms with E-state index in [-0.39, 0.29) is 12.3 Å². The van der Waals surface area contributed by atoms with E-state index in [9.17, 15) is 4.79 Å². The molecule has 6 nitrogen and oxygen atoms in total. The quantitative estimate of drug-likeness (QED) is 0.627. The van der Waals surface area contributed by atoms with Crippen LogP contribution in [0.15, 0.2) is 59.5 Å². The number of carbonyl (C=O) groups excluding carboxylic acids is 1. The lowest BCUT2D eigenvalue weighted by Crippen LogP contribution is -2.23. The Morgan fingerprint density at radius 2 is 2.17 bits per heavy atom. The van der Waals surface area contributed by atoms with Gasteiger partial charge in [0, 0.05) is 17.0 Å². The van der Waals surface area contributed by atoms with Gasteiger partial charge in [-0.25, -0.2) is 9.66 Å². The van der Waals surface area contributed by atoms with Crippen molar-refractivity contribution in [3.63, 3.8) is 0 Å². The highest BCUT2D eigenvalue weighted by atomic mass is 16.5. The van der Waals surface area contributed by atoms with Crippen molar-refractivity contribution in [3.05, 3.63) is 60.6 Å². The van der Waals surface area contributed by atoms with Gasteiger partial charge >= 0.3 is 0 Å². The molecule has 0 saturated carbocycles. The van der Waals surface area contributed by atoms with Crippen LogP contribution >= 0.6 is 0 Å². The molecule has 2 aromatic carbocycles. The molecular weight excluding hydrogens is 306 g/mol. The van der Waals surface area contributed by atoms with E-state index in [0.717, 1.165) is 27.7 Å². The summed E-state index contributed by atoms with van der Waals surface area (Å²) in [6.07, 6.45) is 3.42. The zero-order valence-corrected chi connectivity index (χ0v) is 13.0. The van der Waals surface area contributed by atoms with Gasteiger partial charge in [0.25, 0.3) is 0 Å². The highest BCUT2D eigenvalue weighted by Crippen LogP contribution is 2.25. The number of amides is 1. The van der Waals surface area contributed by atoms with Gasteiger partial charge in [-0.05, 0) is 24.3 Å². The van der Waals surface area contributed by atoms with Gasteiger partial charge in [-0.1, -0.05) is 12.1 Å². The SMILES string of the molecule is COc1ccc2c(CC(=O)Nn3cnc4ccccc43)coc2c1. The van der Waals surface area contributed by atoms with E-state index >= 15 is 0 Å². The summed E-state index contributed by atoms with van der Waals surface area (Å²) < 4.78 is 12.3. The molecule has 2 aromatic heterocycles. The number of methoxy groups -OCH3 is 1. The lowest BCUT2D eigenvalue weighted by atomic mass is 10.1. The Labute approximate surface area is 137 Å². The molecule has 1 N–H and O–H groups in total. The minimum Gasteiger partial charge on any atom is -0.497 e. The maximum Gasteiger partial charge on any atom is 0.243 e. The van der Waals surface area contributed by atoms with E-state index < -0.39 is 0 Å². The average Bonchev–Trinajstić information content (AvgIpc) is 3.19. The Morgan fingerprint density at radius 3 is 3.04 bits per heavy atom. The summed E-state index contributed by atoms with van der Waals surface area (Å²) in [5.74, 6) is 0.578. The van der Waals surface area contributed by atoms with Crippen LogP contribution < -0.4 is 10.2 Å². The fraction of sp³-hybridized carbons (Fsp3) is 0.111. The summed E-state index contributed by atoms with van der Waals surface area (Å²) in [6, 6.07) is 13.2. The molecule has 0 radical (unpaired) electrons. The second-order valence-electron chi connectivity index (χ2n) is 5.44. The Bertz CT molecular complexity index is 1030. The lowest BCUT2D eigenvalue weighted by Gasteiger charge is -2.06. The van der Waals surface area contributed by atoms with Gasteiger partial charge in [0.1, 0.15) is 17.7 Å². The number of rotatable bonds is 4. The number of nitrogens with one attached hydrogen (secondary N) is 1. The third-order valence-corrected chi connectivity index (χ3v) is 3.91. The molecule has 4 rings (SSSR count). The minimum atomic E-state index is -0.142. The zero-order chi connectivity index (χ0) is 16.5. The number of para-hydroxylation sites is 2. The van der Waals surface area contributed by atoms with Crippen molar-refractivity contribution in [1.29, 1.82) is 0 Å². The van der Waals surface area contributed by atoms with Crippen LogP contribution in [0.3, 0.4) is 0 Å². The van der Waals surface area contributed by atoms with Crippen LogP contribution in [0, 0.1) is 0 Å². The van der Waals surface area contributed by atoms with E-state index in [2.05, 4.69) is 10.4 Å². The number of benzene rings is 2. The summed E-state index contributed by atoms with van der Waals surface area (Å²) in [7, 11) is 1.61. The van der Waals surface area contributed by atoms with Crippen molar-refractivity contribution < 1.29 is 13.9 Å². The van der Waals surface area contributed by atoms with Gasteiger partial charge in [0.15, 0.2) is 0 Å². The predicted molar refractivity (Wildman–Crippen MR) is 90.6 cm³/mol. The van der Waals surface area contributed by atoms with Crippen molar-refractivity contribution in [1.82, 2.24) is 9.66 Å². The molecule has 1 amide bonds. The molecule has 4 aromatic rings. The molecule has 0 saturated heterocycles. The molecule has 0 spiro atoms. The van der Waals surface area contributed by atoms with Crippen molar-refractivity contribution in [2.75, 3.05) is 12.5 Å². The average molecular weight is 321 g/mol. The standard InChI is InChI=1S/C18H15N3O3/c1-23-13-6-7-14-12(10-24-17(14)9-13)8-18(22)20-21-11-19-15-4-2-3-5-16(15)21/h2-7,9-11H,8H2,1H3,(H,20,22). The number of fused-ring (bicyclic) bond motifs is 2. The fourth-order valence-electron chi connectivity index (χ4n) is 2.72. The third kappa shape index (κ3) is 2.48. The third-order valence-electron chi connectivity index (χ3n) is 3.91. The summed E-state index contributed by atoms with van der Waals surface area (Å²) >= 11 is 0. The monoisotopic (exact) mass is 321 g/mol. The van der Waals surface area contributed by atoms with E-state index in [1.807, 2.05) is 36.4 Å². The molecule has 0 aliphatic rings. The summed E-state index contributed by atoms with van der Waals surface area (Å²) in [6.45, 7) is 0. The Balaban J connectivity index is 1.56. The number of nitrogens with zero attached hydrogens (tertiary/aromatic N) is 2. The number of carbonyl (C=O) groups is 1. The largest absolute Gasteiger partial charge is 0.497 e. The zero-order valence-electron chi connectivity index (χ0n) is 13.0. The van der Waals surface area contributed by atoms with Crippen molar-refractivity contribution in [3.8, 4) is 5.75 Å². The van der Waals surface area contributed by atoms with E-state index in [4.69, 9.17) is 9.15 Å². The van der Waals surface area contributed by atoms with Crippen LogP contribution in [0.1, 0.15) is 5.56 Å². The van der Waals surface area contributed by atoms with Crippen LogP contribution in [0.2, 0.25) is 0 Å². The first-order valence-corrected chi connectivity index (χ1v) is 7.50. The smallest absolute Gasteiger partial charge is 0.243 e. The highest BCUT2D eigenvalue weighted by molar-refractivity contribution is 5.92. The number of aromatic nitrogens is 2. The summed E-state index contributed by atoms with van der Waals surface area (Å²) in [5.41, 5.74) is 6.05. The van der Waals surface area contributed by atoms with Crippen LogP contribution in [0.25, 0.3) is 22.0 Å². The number of imidazole rings is 1. The van der Waals surface area contributed by atoms with Crippen LogP contribution in [-0.4, -0.2) is 22.7 Å². The fourth-order valence-corrected chi connectivity index (χ4v) is 2.72. The van der Waals surface area contributed by atoms with E-state index in [1.54, 1.807) is 30.4 Å².